The predicted octanol–water partition coefficient (Wildman–Crippen LogP) is 2.70. The minimum Gasteiger partial charge on any atom is -0.497 e. The summed E-state index contributed by atoms with van der Waals surface area (Å²) in [4.78, 5) is 28.4. The van der Waals surface area contributed by atoms with Crippen LogP contribution >= 0.6 is 11.3 Å². The van der Waals surface area contributed by atoms with Crippen LogP contribution in [0.25, 0.3) is 10.8 Å². The minimum absolute atomic E-state index is 0.0800. The molecule has 7 nitrogen and oxygen atoms in total. The van der Waals surface area contributed by atoms with Crippen molar-refractivity contribution in [2.75, 3.05) is 13.7 Å². The average Bonchev–Trinajstić information content (AvgIpc) is 3.34. The first-order valence-electron chi connectivity index (χ1n) is 8.71. The van der Waals surface area contributed by atoms with Gasteiger partial charge >= 0.3 is 0 Å². The van der Waals surface area contributed by atoms with E-state index in [1.54, 1.807) is 7.11 Å². The molecule has 0 aliphatic carbocycles. The first kappa shape index (κ1) is 19.6. The van der Waals surface area contributed by atoms with E-state index < -0.39 is 0 Å². The maximum atomic E-state index is 12.0. The highest BCUT2D eigenvalue weighted by Gasteiger charge is 2.12. The van der Waals surface area contributed by atoms with Crippen molar-refractivity contribution in [3.8, 4) is 16.5 Å². The predicted molar refractivity (Wildman–Crippen MR) is 106 cm³/mol. The third kappa shape index (κ3) is 5.43. The van der Waals surface area contributed by atoms with E-state index in [1.807, 2.05) is 48.7 Å². The SMILES string of the molecule is COc1ccc(CNC(=O)CNC(=O)Cc2csc(-c3ccc(C)o3)n2)cc1. The number of thiazole rings is 1. The molecule has 0 fully saturated rings. The summed E-state index contributed by atoms with van der Waals surface area (Å²) in [5.74, 6) is 1.74. The van der Waals surface area contributed by atoms with Crippen molar-refractivity contribution < 1.29 is 18.7 Å². The second kappa shape index (κ2) is 9.18. The lowest BCUT2D eigenvalue weighted by Crippen LogP contribution is -2.37. The molecule has 1 aromatic carbocycles. The molecule has 2 amide bonds. The maximum Gasteiger partial charge on any atom is 0.239 e. The Kier molecular flexibility index (Phi) is 6.44. The zero-order valence-corrected chi connectivity index (χ0v) is 16.5. The number of aryl methyl sites for hydroxylation is 1. The number of hydrogen-bond acceptors (Lipinski definition) is 6. The van der Waals surface area contributed by atoms with Crippen LogP contribution in [0.4, 0.5) is 0 Å². The zero-order chi connectivity index (χ0) is 19.9. The summed E-state index contributed by atoms with van der Waals surface area (Å²) < 4.78 is 10.6. The molecular weight excluding hydrogens is 378 g/mol. The van der Waals surface area contributed by atoms with Gasteiger partial charge in [-0.1, -0.05) is 12.1 Å². The van der Waals surface area contributed by atoms with Gasteiger partial charge in [-0.15, -0.1) is 11.3 Å². The highest BCUT2D eigenvalue weighted by Crippen LogP contribution is 2.25. The van der Waals surface area contributed by atoms with Gasteiger partial charge in [0.25, 0.3) is 0 Å². The highest BCUT2D eigenvalue weighted by atomic mass is 32.1. The van der Waals surface area contributed by atoms with Gasteiger partial charge in [-0.05, 0) is 36.8 Å². The molecule has 3 aromatic rings. The lowest BCUT2D eigenvalue weighted by Gasteiger charge is -2.07. The van der Waals surface area contributed by atoms with Crippen molar-refractivity contribution in [2.45, 2.75) is 19.9 Å². The molecule has 0 aliphatic heterocycles. The second-order valence-electron chi connectivity index (χ2n) is 6.13. The van der Waals surface area contributed by atoms with Crippen LogP contribution in [-0.4, -0.2) is 30.5 Å². The van der Waals surface area contributed by atoms with E-state index in [-0.39, 0.29) is 24.8 Å². The number of amides is 2. The lowest BCUT2D eigenvalue weighted by molar-refractivity contribution is -0.125. The van der Waals surface area contributed by atoms with Crippen LogP contribution in [0.15, 0.2) is 46.2 Å². The normalized spacial score (nSPS) is 10.5. The van der Waals surface area contributed by atoms with Crippen LogP contribution in [0.3, 0.4) is 0 Å². The Morgan fingerprint density at radius 3 is 2.57 bits per heavy atom. The molecule has 3 rings (SSSR count). The Morgan fingerprint density at radius 1 is 1.11 bits per heavy atom. The van der Waals surface area contributed by atoms with Crippen LogP contribution in [-0.2, 0) is 22.6 Å². The minimum atomic E-state index is -0.257. The number of nitrogens with zero attached hydrogens (tertiary/aromatic N) is 1. The number of hydrogen-bond donors (Lipinski definition) is 2. The van der Waals surface area contributed by atoms with E-state index in [1.165, 1.54) is 11.3 Å². The van der Waals surface area contributed by atoms with Gasteiger partial charge in [-0.25, -0.2) is 4.98 Å². The zero-order valence-electron chi connectivity index (χ0n) is 15.7. The first-order valence-corrected chi connectivity index (χ1v) is 9.59. The standard InChI is InChI=1S/C20H21N3O4S/c1-13-3-8-17(27-13)20-23-15(12-28-20)9-18(24)22-11-19(25)21-10-14-4-6-16(26-2)7-5-14/h3-8,12H,9-11H2,1-2H3,(H,21,25)(H,22,24). The van der Waals surface area contributed by atoms with Crippen molar-refractivity contribution in [3.05, 3.63) is 58.8 Å². The molecule has 0 unspecified atom stereocenters. The van der Waals surface area contributed by atoms with Crippen molar-refractivity contribution >= 4 is 23.2 Å². The average molecular weight is 399 g/mol. The number of carbonyl (C=O) groups excluding carboxylic acids is 2. The largest absolute Gasteiger partial charge is 0.497 e. The summed E-state index contributed by atoms with van der Waals surface area (Å²) in [5, 5.41) is 7.92. The number of ether oxygens (including phenoxy) is 1. The molecule has 0 saturated carbocycles. The van der Waals surface area contributed by atoms with Gasteiger partial charge < -0.3 is 19.8 Å². The fourth-order valence-corrected chi connectivity index (χ4v) is 3.24. The van der Waals surface area contributed by atoms with Gasteiger partial charge in [-0.3, -0.25) is 9.59 Å². The number of benzene rings is 1. The monoisotopic (exact) mass is 399 g/mol. The molecule has 2 heterocycles. The van der Waals surface area contributed by atoms with Crippen molar-refractivity contribution in [3.63, 3.8) is 0 Å². The van der Waals surface area contributed by atoms with Crippen molar-refractivity contribution in [1.29, 1.82) is 0 Å². The Balaban J connectivity index is 1.41. The number of carbonyl (C=O) groups is 2. The van der Waals surface area contributed by atoms with Crippen LogP contribution in [0, 0.1) is 6.92 Å². The van der Waals surface area contributed by atoms with Gasteiger partial charge in [0, 0.05) is 11.9 Å². The molecule has 0 bridgehead atoms. The molecule has 0 spiro atoms. The second-order valence-corrected chi connectivity index (χ2v) is 6.99. The van der Waals surface area contributed by atoms with Crippen molar-refractivity contribution in [2.24, 2.45) is 0 Å². The quantitative estimate of drug-likeness (QED) is 0.607. The first-order chi connectivity index (χ1) is 13.5. The van der Waals surface area contributed by atoms with Gasteiger partial charge in [0.15, 0.2) is 10.8 Å². The molecule has 8 heteroatoms. The van der Waals surface area contributed by atoms with Gasteiger partial charge in [0.2, 0.25) is 11.8 Å². The maximum absolute atomic E-state index is 12.0. The fourth-order valence-electron chi connectivity index (χ4n) is 2.46. The van der Waals surface area contributed by atoms with E-state index in [2.05, 4.69) is 15.6 Å². The summed E-state index contributed by atoms with van der Waals surface area (Å²) in [6.45, 7) is 2.17. The Hall–Kier alpha value is -3.13. The van der Waals surface area contributed by atoms with Gasteiger partial charge in [0.05, 0.1) is 25.8 Å². The Bertz CT molecular complexity index is 947. The van der Waals surface area contributed by atoms with Gasteiger partial charge in [-0.2, -0.15) is 0 Å². The van der Waals surface area contributed by atoms with E-state index in [9.17, 15) is 9.59 Å². The summed E-state index contributed by atoms with van der Waals surface area (Å²) >= 11 is 1.42. The molecule has 0 saturated heterocycles. The van der Waals surface area contributed by atoms with E-state index >= 15 is 0 Å². The fraction of sp³-hybridized carbons (Fsp3) is 0.250. The number of nitrogens with one attached hydrogen (secondary N) is 2. The third-order valence-electron chi connectivity index (χ3n) is 3.94. The van der Waals surface area contributed by atoms with E-state index in [0.29, 0.717) is 18.0 Å². The molecule has 0 radical (unpaired) electrons. The number of aromatic nitrogens is 1. The smallest absolute Gasteiger partial charge is 0.239 e. The molecule has 2 aromatic heterocycles. The molecule has 0 atom stereocenters. The molecule has 0 aliphatic rings. The van der Waals surface area contributed by atoms with Crippen LogP contribution in [0.2, 0.25) is 0 Å². The number of furan rings is 1. The Labute approximate surface area is 166 Å². The number of rotatable bonds is 8. The molecule has 28 heavy (non-hydrogen) atoms. The Morgan fingerprint density at radius 2 is 1.89 bits per heavy atom. The van der Waals surface area contributed by atoms with Crippen LogP contribution < -0.4 is 15.4 Å². The van der Waals surface area contributed by atoms with Crippen molar-refractivity contribution in [1.82, 2.24) is 15.6 Å². The summed E-state index contributed by atoms with van der Waals surface area (Å²) in [6.07, 6.45) is 0.113. The van der Waals surface area contributed by atoms with E-state index in [4.69, 9.17) is 9.15 Å². The molecular formula is C20H21N3O4S. The van der Waals surface area contributed by atoms with Crippen LogP contribution in [0.5, 0.6) is 5.75 Å². The lowest BCUT2D eigenvalue weighted by atomic mass is 10.2. The summed E-state index contributed by atoms with van der Waals surface area (Å²) in [5.41, 5.74) is 1.59. The van der Waals surface area contributed by atoms with Crippen LogP contribution in [0.1, 0.15) is 17.0 Å². The van der Waals surface area contributed by atoms with Gasteiger partial charge in [0.1, 0.15) is 11.5 Å². The summed E-state index contributed by atoms with van der Waals surface area (Å²) in [6, 6.07) is 11.1. The topological polar surface area (TPSA) is 93.5 Å². The molecule has 2 N–H and O–H groups in total. The molecule has 146 valence electrons. The third-order valence-corrected chi connectivity index (χ3v) is 4.85. The van der Waals surface area contributed by atoms with E-state index in [0.717, 1.165) is 22.1 Å². The summed E-state index contributed by atoms with van der Waals surface area (Å²) in [7, 11) is 1.60. The highest BCUT2D eigenvalue weighted by molar-refractivity contribution is 7.13. The number of methoxy groups -OCH3 is 1.